The number of rotatable bonds is 6. The highest BCUT2D eigenvalue weighted by Gasteiger charge is 2.18. The number of carbonyl (C=O) groups is 2. The number of benzene rings is 2. The fourth-order valence-corrected chi connectivity index (χ4v) is 3.30. The van der Waals surface area contributed by atoms with Gasteiger partial charge in [0.25, 0.3) is 5.56 Å². The number of amides is 1. The van der Waals surface area contributed by atoms with Gasteiger partial charge in [-0.3, -0.25) is 14.3 Å². The summed E-state index contributed by atoms with van der Waals surface area (Å²) in [5.74, 6) is -0.756. The van der Waals surface area contributed by atoms with E-state index >= 15 is 0 Å². The average molecular weight is 416 g/mol. The first kappa shape index (κ1) is 20.1. The van der Waals surface area contributed by atoms with Crippen LogP contribution in [0.1, 0.15) is 17.3 Å². The highest BCUT2D eigenvalue weighted by Crippen LogP contribution is 2.15. The molecule has 2 aromatic heterocycles. The van der Waals surface area contributed by atoms with Gasteiger partial charge in [0.2, 0.25) is 5.91 Å². The molecule has 0 saturated carbocycles. The first-order valence-electron chi connectivity index (χ1n) is 9.77. The summed E-state index contributed by atoms with van der Waals surface area (Å²) in [7, 11) is 0. The van der Waals surface area contributed by atoms with Crippen molar-refractivity contribution < 1.29 is 14.3 Å². The lowest BCUT2D eigenvalue weighted by molar-refractivity contribution is -0.116. The van der Waals surface area contributed by atoms with Gasteiger partial charge in [0.05, 0.1) is 23.2 Å². The molecule has 0 aliphatic carbocycles. The van der Waals surface area contributed by atoms with Crippen molar-refractivity contribution in [3.05, 3.63) is 88.8 Å². The first-order valence-corrected chi connectivity index (χ1v) is 9.77. The van der Waals surface area contributed by atoms with E-state index in [1.165, 1.54) is 4.68 Å². The Kier molecular flexibility index (Phi) is 5.61. The maximum atomic E-state index is 13.0. The van der Waals surface area contributed by atoms with E-state index in [9.17, 15) is 14.4 Å². The van der Waals surface area contributed by atoms with Crippen molar-refractivity contribution >= 4 is 28.6 Å². The second kappa shape index (κ2) is 8.66. The third-order valence-electron chi connectivity index (χ3n) is 4.67. The van der Waals surface area contributed by atoms with E-state index in [4.69, 9.17) is 4.74 Å². The number of nitrogens with one attached hydrogen (secondary N) is 1. The molecule has 31 heavy (non-hydrogen) atoms. The van der Waals surface area contributed by atoms with Crippen LogP contribution in [0.25, 0.3) is 16.7 Å². The van der Waals surface area contributed by atoms with Gasteiger partial charge in [0.1, 0.15) is 6.54 Å². The van der Waals surface area contributed by atoms with E-state index < -0.39 is 5.97 Å². The minimum Gasteiger partial charge on any atom is -0.462 e. The number of anilines is 1. The van der Waals surface area contributed by atoms with Crippen molar-refractivity contribution in [1.82, 2.24) is 14.3 Å². The van der Waals surface area contributed by atoms with Gasteiger partial charge in [-0.1, -0.05) is 18.2 Å². The third-order valence-corrected chi connectivity index (χ3v) is 4.67. The van der Waals surface area contributed by atoms with Crippen LogP contribution in [0, 0.1) is 0 Å². The minimum atomic E-state index is -0.419. The molecule has 0 saturated heterocycles. The Labute approximate surface area is 177 Å². The van der Waals surface area contributed by atoms with Gasteiger partial charge in [0.15, 0.2) is 5.65 Å². The molecule has 2 heterocycles. The Morgan fingerprint density at radius 2 is 1.74 bits per heavy atom. The van der Waals surface area contributed by atoms with Crippen molar-refractivity contribution in [1.29, 1.82) is 0 Å². The molecule has 8 heteroatoms. The van der Waals surface area contributed by atoms with Gasteiger partial charge in [-0.05, 0) is 55.5 Å². The van der Waals surface area contributed by atoms with E-state index in [-0.39, 0.29) is 18.0 Å². The molecule has 0 unspecified atom stereocenters. The normalized spacial score (nSPS) is 10.7. The monoisotopic (exact) mass is 416 g/mol. The van der Waals surface area contributed by atoms with E-state index in [1.54, 1.807) is 66.3 Å². The molecule has 0 fully saturated rings. The number of para-hydroxylation sites is 1. The fraction of sp³-hybridized carbons (Fsp3) is 0.130. The number of ether oxygens (including phenoxy) is 1. The highest BCUT2D eigenvalue weighted by atomic mass is 16.5. The molecule has 2 aromatic carbocycles. The summed E-state index contributed by atoms with van der Waals surface area (Å²) in [4.78, 5) is 41.8. The Balaban J connectivity index is 1.62. The Morgan fingerprint density at radius 3 is 2.45 bits per heavy atom. The minimum absolute atomic E-state index is 0.121. The van der Waals surface area contributed by atoms with E-state index in [1.807, 2.05) is 18.2 Å². The van der Waals surface area contributed by atoms with Crippen molar-refractivity contribution in [2.75, 3.05) is 11.9 Å². The molecular formula is C23H20N4O4. The molecule has 156 valence electrons. The number of hydrogen-bond acceptors (Lipinski definition) is 5. The van der Waals surface area contributed by atoms with Gasteiger partial charge in [-0.15, -0.1) is 0 Å². The average Bonchev–Trinajstić information content (AvgIpc) is 3.06. The zero-order valence-electron chi connectivity index (χ0n) is 16.8. The number of carbonyl (C=O) groups excluding carboxylic acids is 2. The Morgan fingerprint density at radius 1 is 1.00 bits per heavy atom. The van der Waals surface area contributed by atoms with E-state index in [0.717, 1.165) is 0 Å². The summed E-state index contributed by atoms with van der Waals surface area (Å²) in [5, 5.41) is 3.21. The molecule has 0 atom stereocenters. The van der Waals surface area contributed by atoms with Gasteiger partial charge >= 0.3 is 5.97 Å². The van der Waals surface area contributed by atoms with E-state index in [2.05, 4.69) is 10.3 Å². The Bertz CT molecular complexity index is 1290. The third kappa shape index (κ3) is 4.09. The standard InChI is InChI=1S/C23H20N4O4/c1-2-31-23(30)16-10-12-17(13-11-16)25-20(28)15-26-21-19(9-6-14-24-21)22(29)27(26)18-7-4-3-5-8-18/h3-14H,2,15H2,1H3,(H,25,28). The summed E-state index contributed by atoms with van der Waals surface area (Å²) in [6.45, 7) is 1.91. The zero-order valence-corrected chi connectivity index (χ0v) is 16.8. The van der Waals surface area contributed by atoms with Crippen molar-refractivity contribution in [2.24, 2.45) is 0 Å². The summed E-state index contributed by atoms with van der Waals surface area (Å²) >= 11 is 0. The molecule has 0 radical (unpaired) electrons. The van der Waals surface area contributed by atoms with Crippen LogP contribution in [-0.4, -0.2) is 32.8 Å². The number of fused-ring (bicyclic) bond motifs is 1. The number of hydrogen-bond donors (Lipinski definition) is 1. The maximum absolute atomic E-state index is 13.0. The van der Waals surface area contributed by atoms with E-state index in [0.29, 0.717) is 34.6 Å². The Hall–Kier alpha value is -4.20. The van der Waals surface area contributed by atoms with Gasteiger partial charge in [-0.2, -0.15) is 0 Å². The fourth-order valence-electron chi connectivity index (χ4n) is 3.30. The van der Waals surface area contributed by atoms with Crippen LogP contribution in [0.3, 0.4) is 0 Å². The lowest BCUT2D eigenvalue weighted by Crippen LogP contribution is -2.27. The predicted octanol–water partition coefficient (Wildman–Crippen LogP) is 3.00. The predicted molar refractivity (Wildman–Crippen MR) is 116 cm³/mol. The first-order chi connectivity index (χ1) is 15.1. The van der Waals surface area contributed by atoms with Crippen LogP contribution >= 0.6 is 0 Å². The van der Waals surface area contributed by atoms with Crippen LogP contribution in [-0.2, 0) is 16.1 Å². The molecule has 0 bridgehead atoms. The van der Waals surface area contributed by atoms with Crippen molar-refractivity contribution in [3.63, 3.8) is 0 Å². The van der Waals surface area contributed by atoms with Crippen molar-refractivity contribution in [3.8, 4) is 5.69 Å². The number of pyridine rings is 1. The van der Waals surface area contributed by atoms with Gasteiger partial charge in [0, 0.05) is 11.9 Å². The molecule has 1 amide bonds. The van der Waals surface area contributed by atoms with Gasteiger partial charge < -0.3 is 10.1 Å². The summed E-state index contributed by atoms with van der Waals surface area (Å²) in [6, 6.07) is 18.9. The maximum Gasteiger partial charge on any atom is 0.338 e. The number of esters is 1. The number of nitrogens with zero attached hydrogens (tertiary/aromatic N) is 3. The van der Waals surface area contributed by atoms with Crippen molar-refractivity contribution in [2.45, 2.75) is 13.5 Å². The molecule has 0 aliphatic heterocycles. The topological polar surface area (TPSA) is 95.2 Å². The summed E-state index contributed by atoms with van der Waals surface area (Å²) < 4.78 is 7.95. The molecule has 1 N–H and O–H groups in total. The number of aromatic nitrogens is 3. The van der Waals surface area contributed by atoms with Crippen LogP contribution in [0.2, 0.25) is 0 Å². The molecule has 8 nitrogen and oxygen atoms in total. The highest BCUT2D eigenvalue weighted by molar-refractivity contribution is 5.93. The second-order valence-corrected chi connectivity index (χ2v) is 6.73. The summed E-state index contributed by atoms with van der Waals surface area (Å²) in [5.41, 5.74) is 1.73. The molecule has 0 aliphatic rings. The summed E-state index contributed by atoms with van der Waals surface area (Å²) in [6.07, 6.45) is 1.58. The van der Waals surface area contributed by atoms with Crippen LogP contribution in [0.5, 0.6) is 0 Å². The second-order valence-electron chi connectivity index (χ2n) is 6.73. The smallest absolute Gasteiger partial charge is 0.338 e. The van der Waals surface area contributed by atoms with Crippen LogP contribution < -0.4 is 10.9 Å². The lowest BCUT2D eigenvalue weighted by atomic mass is 10.2. The zero-order chi connectivity index (χ0) is 21.8. The lowest BCUT2D eigenvalue weighted by Gasteiger charge is -2.12. The molecular weight excluding hydrogens is 396 g/mol. The molecule has 4 rings (SSSR count). The van der Waals surface area contributed by atoms with Crippen LogP contribution in [0.15, 0.2) is 77.7 Å². The molecule has 4 aromatic rings. The largest absolute Gasteiger partial charge is 0.462 e. The van der Waals surface area contributed by atoms with Gasteiger partial charge in [-0.25, -0.2) is 14.5 Å². The van der Waals surface area contributed by atoms with Crippen LogP contribution in [0.4, 0.5) is 5.69 Å². The SMILES string of the molecule is CCOC(=O)c1ccc(NC(=O)Cn2c3ncccc3c(=O)n2-c2ccccc2)cc1. The molecule has 0 spiro atoms. The quantitative estimate of drug-likeness (QED) is 0.488.